The van der Waals surface area contributed by atoms with Gasteiger partial charge >= 0.3 is 0 Å². The number of methoxy groups -OCH3 is 3. The van der Waals surface area contributed by atoms with Gasteiger partial charge in [0.2, 0.25) is 10.9 Å². The summed E-state index contributed by atoms with van der Waals surface area (Å²) in [6.45, 7) is 2.03. The van der Waals surface area contributed by atoms with E-state index in [1.807, 2.05) is 13.0 Å². The number of benzene rings is 1. The van der Waals surface area contributed by atoms with Gasteiger partial charge in [-0.05, 0) is 35.7 Å². The molecule has 1 heterocycles. The van der Waals surface area contributed by atoms with E-state index >= 15 is 0 Å². The number of ether oxygens (including phenoxy) is 3. The molecule has 0 unspecified atom stereocenters. The molecule has 2 rings (SSSR count). The number of carbonyl (C=O) groups is 1. The van der Waals surface area contributed by atoms with Crippen molar-refractivity contribution in [3.63, 3.8) is 0 Å². The minimum Gasteiger partial charge on any atom is -0.493 e. The topological polar surface area (TPSA) is 57.1 Å². The van der Waals surface area contributed by atoms with E-state index in [2.05, 4.69) is 4.99 Å². The molecule has 0 bridgehead atoms. The Hall–Kier alpha value is -1.60. The summed E-state index contributed by atoms with van der Waals surface area (Å²) in [7, 11) is 4.65. The molecule has 0 saturated carbocycles. The molecule has 1 aromatic carbocycles. The third-order valence-corrected chi connectivity index (χ3v) is 4.79. The Kier molecular flexibility index (Phi) is 5.79. The van der Waals surface area contributed by atoms with Crippen LogP contribution >= 0.6 is 23.5 Å². The van der Waals surface area contributed by atoms with Gasteiger partial charge in [0.05, 0.1) is 21.3 Å². The number of hydrogen-bond acceptors (Lipinski definition) is 7. The van der Waals surface area contributed by atoms with Crippen molar-refractivity contribution in [2.45, 2.75) is 6.92 Å². The number of nitrogens with zero attached hydrogens (tertiary/aromatic N) is 1. The van der Waals surface area contributed by atoms with Crippen LogP contribution in [0, 0.1) is 0 Å². The second-order valence-corrected chi connectivity index (χ2v) is 6.63. The molecule has 1 aliphatic heterocycles. The molecule has 7 heteroatoms. The Morgan fingerprint density at radius 2 is 1.91 bits per heavy atom. The number of thioether (sulfide) groups is 2. The molecule has 0 spiro atoms. The van der Waals surface area contributed by atoms with E-state index < -0.39 is 0 Å². The molecular weight excluding hydrogens is 322 g/mol. The van der Waals surface area contributed by atoms with E-state index in [9.17, 15) is 4.79 Å². The lowest BCUT2D eigenvalue weighted by Crippen LogP contribution is -1.97. The zero-order chi connectivity index (χ0) is 16.1. The molecule has 5 nitrogen and oxygen atoms in total. The summed E-state index contributed by atoms with van der Waals surface area (Å²) in [5, 5.41) is -0.0622. The van der Waals surface area contributed by atoms with Crippen molar-refractivity contribution >= 4 is 39.1 Å². The van der Waals surface area contributed by atoms with Crippen molar-refractivity contribution in [3.05, 3.63) is 23.4 Å². The van der Waals surface area contributed by atoms with Gasteiger partial charge in [0.1, 0.15) is 10.1 Å². The minimum atomic E-state index is -0.0622. The molecule has 0 atom stereocenters. The monoisotopic (exact) mass is 339 g/mol. The molecule has 0 saturated heterocycles. The fraction of sp³-hybridized carbons (Fsp3) is 0.333. The smallest absolute Gasteiger partial charge is 0.244 e. The minimum absolute atomic E-state index is 0.0622. The van der Waals surface area contributed by atoms with Crippen molar-refractivity contribution in [1.29, 1.82) is 0 Å². The largest absolute Gasteiger partial charge is 0.493 e. The van der Waals surface area contributed by atoms with Crippen LogP contribution in [0.5, 0.6) is 17.2 Å². The van der Waals surface area contributed by atoms with Crippen LogP contribution < -0.4 is 14.2 Å². The van der Waals surface area contributed by atoms with Crippen LogP contribution in [0.4, 0.5) is 0 Å². The van der Waals surface area contributed by atoms with Crippen molar-refractivity contribution in [2.75, 3.05) is 27.1 Å². The van der Waals surface area contributed by atoms with Gasteiger partial charge < -0.3 is 14.2 Å². The van der Waals surface area contributed by atoms with Gasteiger partial charge in [-0.2, -0.15) is 0 Å². The highest BCUT2D eigenvalue weighted by Crippen LogP contribution is 2.41. The highest BCUT2D eigenvalue weighted by Gasteiger charge is 2.23. The maximum Gasteiger partial charge on any atom is 0.244 e. The Bertz CT molecular complexity index is 641. The first-order valence-electron chi connectivity index (χ1n) is 6.58. The standard InChI is InChI=1S/C15H17NO4S2/c1-5-21-15-16-10(14(17)22-15)8-9-6-7-11(18-2)13(20-4)12(9)19-3/h6-8H,5H2,1-4H3/b10-8+. The van der Waals surface area contributed by atoms with Crippen LogP contribution in [0.1, 0.15) is 12.5 Å². The van der Waals surface area contributed by atoms with Gasteiger partial charge in [-0.25, -0.2) is 4.99 Å². The molecule has 0 amide bonds. The predicted octanol–water partition coefficient (Wildman–Crippen LogP) is 3.44. The summed E-state index contributed by atoms with van der Waals surface area (Å²) in [6, 6.07) is 3.58. The Labute approximate surface area is 138 Å². The van der Waals surface area contributed by atoms with Gasteiger partial charge in [-0.15, -0.1) is 0 Å². The van der Waals surface area contributed by atoms with Crippen LogP contribution in [0.3, 0.4) is 0 Å². The summed E-state index contributed by atoms with van der Waals surface area (Å²) in [5.74, 6) is 2.45. The summed E-state index contributed by atoms with van der Waals surface area (Å²) in [5.41, 5.74) is 1.13. The summed E-state index contributed by atoms with van der Waals surface area (Å²) < 4.78 is 16.8. The molecule has 0 aliphatic carbocycles. The number of aliphatic imine (C=N–C) groups is 1. The van der Waals surface area contributed by atoms with E-state index in [0.717, 1.165) is 27.5 Å². The maximum absolute atomic E-state index is 12.0. The molecule has 1 aromatic rings. The van der Waals surface area contributed by atoms with E-state index in [0.29, 0.717) is 22.9 Å². The SMILES string of the molecule is CCSC1=N/C(=C/c2ccc(OC)c(OC)c2OC)C(=O)S1. The van der Waals surface area contributed by atoms with Crippen LogP contribution in [-0.4, -0.2) is 36.6 Å². The fourth-order valence-electron chi connectivity index (χ4n) is 1.96. The van der Waals surface area contributed by atoms with E-state index in [1.165, 1.54) is 0 Å². The molecule has 0 aromatic heterocycles. The third kappa shape index (κ3) is 3.41. The van der Waals surface area contributed by atoms with Gasteiger partial charge in [-0.3, -0.25) is 4.79 Å². The Balaban J connectivity index is 2.45. The zero-order valence-electron chi connectivity index (χ0n) is 12.8. The predicted molar refractivity (Wildman–Crippen MR) is 92.2 cm³/mol. The lowest BCUT2D eigenvalue weighted by molar-refractivity contribution is -0.107. The Morgan fingerprint density at radius 1 is 1.18 bits per heavy atom. The maximum atomic E-state index is 12.0. The van der Waals surface area contributed by atoms with Crippen molar-refractivity contribution in [1.82, 2.24) is 0 Å². The van der Waals surface area contributed by atoms with E-state index in [1.54, 1.807) is 45.2 Å². The summed E-state index contributed by atoms with van der Waals surface area (Å²) in [6.07, 6.45) is 1.71. The first kappa shape index (κ1) is 16.8. The van der Waals surface area contributed by atoms with Gasteiger partial charge in [0, 0.05) is 5.56 Å². The summed E-state index contributed by atoms with van der Waals surface area (Å²) in [4.78, 5) is 16.4. The number of rotatable bonds is 5. The van der Waals surface area contributed by atoms with Crippen LogP contribution in [0.25, 0.3) is 6.08 Å². The quantitative estimate of drug-likeness (QED) is 0.766. The van der Waals surface area contributed by atoms with Crippen molar-refractivity contribution in [3.8, 4) is 17.2 Å². The van der Waals surface area contributed by atoms with Crippen molar-refractivity contribution in [2.24, 2.45) is 4.99 Å². The van der Waals surface area contributed by atoms with Gasteiger partial charge in [0.15, 0.2) is 11.5 Å². The van der Waals surface area contributed by atoms with Crippen LogP contribution in [0.2, 0.25) is 0 Å². The molecular formula is C15H17NO4S2. The van der Waals surface area contributed by atoms with Crippen LogP contribution in [0.15, 0.2) is 22.8 Å². The van der Waals surface area contributed by atoms with E-state index in [4.69, 9.17) is 14.2 Å². The first-order valence-corrected chi connectivity index (χ1v) is 8.39. The highest BCUT2D eigenvalue weighted by molar-refractivity contribution is 8.45. The molecule has 0 N–H and O–H groups in total. The second kappa shape index (κ2) is 7.60. The highest BCUT2D eigenvalue weighted by atomic mass is 32.2. The van der Waals surface area contributed by atoms with E-state index in [-0.39, 0.29) is 5.12 Å². The third-order valence-electron chi connectivity index (χ3n) is 2.90. The van der Waals surface area contributed by atoms with Gasteiger partial charge in [-0.1, -0.05) is 18.7 Å². The van der Waals surface area contributed by atoms with Gasteiger partial charge in [0.25, 0.3) is 0 Å². The normalized spacial score (nSPS) is 15.9. The number of carbonyl (C=O) groups excluding carboxylic acids is 1. The second-order valence-electron chi connectivity index (χ2n) is 4.15. The van der Waals surface area contributed by atoms with Crippen molar-refractivity contribution < 1.29 is 19.0 Å². The molecule has 1 aliphatic rings. The summed E-state index contributed by atoms with van der Waals surface area (Å²) >= 11 is 2.71. The lowest BCUT2D eigenvalue weighted by Gasteiger charge is -2.14. The Morgan fingerprint density at radius 3 is 2.50 bits per heavy atom. The number of hydrogen-bond donors (Lipinski definition) is 0. The average Bonchev–Trinajstić information content (AvgIpc) is 2.86. The molecule has 0 fully saturated rings. The fourth-order valence-corrected chi connectivity index (χ4v) is 3.70. The van der Waals surface area contributed by atoms with Crippen LogP contribution in [-0.2, 0) is 4.79 Å². The molecule has 0 radical (unpaired) electrons. The first-order chi connectivity index (χ1) is 10.6. The molecule has 118 valence electrons. The zero-order valence-corrected chi connectivity index (χ0v) is 14.5. The average molecular weight is 339 g/mol. The molecule has 22 heavy (non-hydrogen) atoms. The lowest BCUT2D eigenvalue weighted by atomic mass is 10.1.